The molecule has 0 saturated carbocycles. The first-order valence-corrected chi connectivity index (χ1v) is 11.0. The van der Waals surface area contributed by atoms with E-state index < -0.39 is 0 Å². The number of fused-ring (bicyclic) bond motifs is 1. The number of carbonyl (C=O) groups excluding carboxylic acids is 1. The van der Waals surface area contributed by atoms with Gasteiger partial charge in [0.25, 0.3) is 5.22 Å². The van der Waals surface area contributed by atoms with Crippen molar-refractivity contribution in [2.75, 3.05) is 5.75 Å². The van der Waals surface area contributed by atoms with Crippen LogP contribution in [0.5, 0.6) is 0 Å². The quantitative estimate of drug-likeness (QED) is 0.589. The van der Waals surface area contributed by atoms with E-state index in [1.807, 2.05) is 38.1 Å². The Kier molecular flexibility index (Phi) is 6.00. The minimum atomic E-state index is -0.0455. The minimum absolute atomic E-state index is 0.0273. The van der Waals surface area contributed by atoms with E-state index >= 15 is 0 Å². The number of thioether (sulfide) groups is 1. The van der Waals surface area contributed by atoms with E-state index in [0.29, 0.717) is 11.1 Å². The topological polar surface area (TPSA) is 68.0 Å². The summed E-state index contributed by atoms with van der Waals surface area (Å²) in [6, 6.07) is 14.4. The van der Waals surface area contributed by atoms with Crippen molar-refractivity contribution < 1.29 is 9.21 Å². The van der Waals surface area contributed by atoms with Crippen molar-refractivity contribution in [1.82, 2.24) is 15.5 Å². The van der Waals surface area contributed by atoms with Crippen molar-refractivity contribution in [3.63, 3.8) is 0 Å². The molecule has 1 amide bonds. The van der Waals surface area contributed by atoms with Crippen LogP contribution in [0.2, 0.25) is 0 Å². The lowest BCUT2D eigenvalue weighted by Crippen LogP contribution is -2.28. The fourth-order valence-electron chi connectivity index (χ4n) is 3.71. The Morgan fingerprint density at radius 1 is 1.14 bits per heavy atom. The molecule has 0 radical (unpaired) electrons. The highest BCUT2D eigenvalue weighted by atomic mass is 32.2. The van der Waals surface area contributed by atoms with Crippen molar-refractivity contribution in [3.05, 3.63) is 64.7 Å². The van der Waals surface area contributed by atoms with Gasteiger partial charge in [-0.15, -0.1) is 10.2 Å². The summed E-state index contributed by atoms with van der Waals surface area (Å²) in [6.07, 6.45) is 4.83. The lowest BCUT2D eigenvalue weighted by molar-refractivity contribution is -0.119. The molecule has 0 bridgehead atoms. The molecular weight excluding hydrogens is 382 g/mol. The van der Waals surface area contributed by atoms with E-state index in [2.05, 4.69) is 33.7 Å². The summed E-state index contributed by atoms with van der Waals surface area (Å²) >= 11 is 1.26. The van der Waals surface area contributed by atoms with Gasteiger partial charge in [0.1, 0.15) is 0 Å². The van der Waals surface area contributed by atoms with Gasteiger partial charge in [-0.1, -0.05) is 48.2 Å². The van der Waals surface area contributed by atoms with Crippen LogP contribution in [0.3, 0.4) is 0 Å². The van der Waals surface area contributed by atoms with Gasteiger partial charge < -0.3 is 9.73 Å². The summed E-state index contributed by atoms with van der Waals surface area (Å²) in [5.74, 6) is 0.675. The molecule has 5 nitrogen and oxygen atoms in total. The molecule has 1 aliphatic rings. The van der Waals surface area contributed by atoms with Crippen molar-refractivity contribution >= 4 is 17.7 Å². The van der Waals surface area contributed by atoms with Crippen LogP contribution in [0.25, 0.3) is 11.5 Å². The molecule has 3 aromatic rings. The third-order valence-electron chi connectivity index (χ3n) is 5.36. The Bertz CT molecular complexity index is 1010. The van der Waals surface area contributed by atoms with Crippen molar-refractivity contribution in [2.24, 2.45) is 0 Å². The number of aromatic nitrogens is 2. The molecule has 0 aliphatic heterocycles. The number of rotatable bonds is 6. The molecule has 4 rings (SSSR count). The number of benzene rings is 2. The Morgan fingerprint density at radius 2 is 1.93 bits per heavy atom. The first-order chi connectivity index (χ1) is 14.1. The molecule has 0 spiro atoms. The second-order valence-electron chi connectivity index (χ2n) is 7.50. The second-order valence-corrected chi connectivity index (χ2v) is 8.43. The lowest BCUT2D eigenvalue weighted by atomic mass is 9.89. The largest absolute Gasteiger partial charge is 0.411 e. The first-order valence-electron chi connectivity index (χ1n) is 10.0. The maximum absolute atomic E-state index is 12.4. The molecule has 2 aromatic carbocycles. The highest BCUT2D eigenvalue weighted by Gasteiger charge is 2.16. The standard InChI is InChI=1S/C23H25N3O2S/c1-15-7-3-6-10-20(15)22-25-26-23(28-22)29-14-21(27)24-16(2)18-12-11-17-8-4-5-9-19(17)13-18/h3,6-7,10-13,16H,4-5,8-9,14H2,1-2H3,(H,24,27)/t16-/m0/s1. The van der Waals surface area contributed by atoms with Crippen LogP contribution >= 0.6 is 11.8 Å². The molecule has 1 aromatic heterocycles. The van der Waals surface area contributed by atoms with Crippen molar-refractivity contribution in [3.8, 4) is 11.5 Å². The van der Waals surface area contributed by atoms with Crippen LogP contribution in [0.15, 0.2) is 52.1 Å². The molecular formula is C23H25N3O2S. The van der Waals surface area contributed by atoms with Crippen LogP contribution in [0.4, 0.5) is 0 Å². The maximum atomic E-state index is 12.4. The third kappa shape index (κ3) is 4.70. The summed E-state index contributed by atoms with van der Waals surface area (Å²) in [4.78, 5) is 12.4. The number of nitrogens with zero attached hydrogens (tertiary/aromatic N) is 2. The molecule has 1 aliphatic carbocycles. The molecule has 6 heteroatoms. The van der Waals surface area contributed by atoms with Gasteiger partial charge in [-0.05, 0) is 67.9 Å². The first kappa shape index (κ1) is 19.7. The van der Waals surface area contributed by atoms with Crippen LogP contribution < -0.4 is 5.32 Å². The monoisotopic (exact) mass is 407 g/mol. The van der Waals surface area contributed by atoms with Crippen LogP contribution in [0.1, 0.15) is 48.1 Å². The zero-order valence-corrected chi connectivity index (χ0v) is 17.6. The Balaban J connectivity index is 1.33. The van der Waals surface area contributed by atoms with E-state index in [9.17, 15) is 4.79 Å². The lowest BCUT2D eigenvalue weighted by Gasteiger charge is -2.20. The van der Waals surface area contributed by atoms with E-state index in [4.69, 9.17) is 4.42 Å². The normalized spacial score (nSPS) is 14.3. The van der Waals surface area contributed by atoms with Crippen LogP contribution in [-0.2, 0) is 17.6 Å². The predicted molar refractivity (Wildman–Crippen MR) is 115 cm³/mol. The SMILES string of the molecule is Cc1ccccc1-c1nnc(SCC(=O)N[C@@H](C)c2ccc3c(c2)CCCC3)o1. The predicted octanol–water partition coefficient (Wildman–Crippen LogP) is 4.89. The smallest absolute Gasteiger partial charge is 0.277 e. The zero-order valence-electron chi connectivity index (χ0n) is 16.8. The Hall–Kier alpha value is -2.60. The summed E-state index contributed by atoms with van der Waals surface area (Å²) in [5.41, 5.74) is 6.03. The second kappa shape index (κ2) is 8.82. The van der Waals surface area contributed by atoms with Gasteiger partial charge in [-0.2, -0.15) is 0 Å². The molecule has 0 unspecified atom stereocenters. The number of nitrogens with one attached hydrogen (secondary N) is 1. The molecule has 0 saturated heterocycles. The van der Waals surface area contributed by atoms with E-state index in [0.717, 1.165) is 23.1 Å². The fourth-order valence-corrected chi connectivity index (χ4v) is 4.28. The van der Waals surface area contributed by atoms with Gasteiger partial charge in [-0.25, -0.2) is 0 Å². The average molecular weight is 408 g/mol. The fraction of sp³-hybridized carbons (Fsp3) is 0.348. The van der Waals surface area contributed by atoms with Gasteiger partial charge >= 0.3 is 0 Å². The average Bonchev–Trinajstić information content (AvgIpc) is 3.21. The van der Waals surface area contributed by atoms with Crippen molar-refractivity contribution in [1.29, 1.82) is 0 Å². The number of hydrogen-bond donors (Lipinski definition) is 1. The number of aryl methyl sites for hydroxylation is 3. The van der Waals surface area contributed by atoms with Gasteiger partial charge in [-0.3, -0.25) is 4.79 Å². The van der Waals surface area contributed by atoms with E-state index in [1.54, 1.807) is 0 Å². The van der Waals surface area contributed by atoms with Crippen LogP contribution in [-0.4, -0.2) is 21.9 Å². The molecule has 0 fully saturated rings. The Labute approximate surface area is 175 Å². The zero-order chi connectivity index (χ0) is 20.2. The van der Waals surface area contributed by atoms with Gasteiger partial charge in [0.15, 0.2) is 0 Å². The van der Waals surface area contributed by atoms with Gasteiger partial charge in [0.2, 0.25) is 11.8 Å². The third-order valence-corrected chi connectivity index (χ3v) is 6.18. The summed E-state index contributed by atoms with van der Waals surface area (Å²) in [7, 11) is 0. The summed E-state index contributed by atoms with van der Waals surface area (Å²) in [5, 5.41) is 11.6. The minimum Gasteiger partial charge on any atom is -0.411 e. The van der Waals surface area contributed by atoms with E-state index in [-0.39, 0.29) is 17.7 Å². The van der Waals surface area contributed by atoms with Gasteiger partial charge in [0.05, 0.1) is 11.8 Å². The maximum Gasteiger partial charge on any atom is 0.277 e. The van der Waals surface area contributed by atoms with Crippen LogP contribution in [0, 0.1) is 6.92 Å². The summed E-state index contributed by atoms with van der Waals surface area (Å²) < 4.78 is 5.71. The highest BCUT2D eigenvalue weighted by Crippen LogP contribution is 2.26. The Morgan fingerprint density at radius 3 is 2.76 bits per heavy atom. The number of amides is 1. The number of carbonyl (C=O) groups is 1. The highest BCUT2D eigenvalue weighted by molar-refractivity contribution is 7.99. The molecule has 1 atom stereocenters. The molecule has 29 heavy (non-hydrogen) atoms. The van der Waals surface area contributed by atoms with Gasteiger partial charge in [0, 0.05) is 5.56 Å². The number of hydrogen-bond acceptors (Lipinski definition) is 5. The molecule has 150 valence electrons. The van der Waals surface area contributed by atoms with E-state index in [1.165, 1.54) is 42.2 Å². The molecule has 1 N–H and O–H groups in total. The molecule has 1 heterocycles. The van der Waals surface area contributed by atoms with Crippen molar-refractivity contribution in [2.45, 2.75) is 50.8 Å². The summed E-state index contributed by atoms with van der Waals surface area (Å²) in [6.45, 7) is 4.03.